The number of hydrogen-bond donors (Lipinski definition) is 0. The third-order valence-electron chi connectivity index (χ3n) is 6.17. The van der Waals surface area contributed by atoms with E-state index in [1.54, 1.807) is 0 Å². The van der Waals surface area contributed by atoms with Gasteiger partial charge in [-0.15, -0.1) is 13.2 Å². The lowest BCUT2D eigenvalue weighted by Crippen LogP contribution is -2.00. The molecule has 3 nitrogen and oxygen atoms in total. The fourth-order valence-corrected chi connectivity index (χ4v) is 4.72. The van der Waals surface area contributed by atoms with E-state index in [-0.39, 0.29) is 0 Å². The van der Waals surface area contributed by atoms with E-state index in [0.29, 0.717) is 17.5 Å². The maximum atomic E-state index is 4.88. The Bertz CT molecular complexity index is 1640. The molecule has 4 heteroatoms. The first-order valence-corrected chi connectivity index (χ1v) is 13.4. The fourth-order valence-electron chi connectivity index (χ4n) is 4.32. The third kappa shape index (κ3) is 6.08. The first kappa shape index (κ1) is 26.0. The molecule has 0 bridgehead atoms. The highest BCUT2D eigenvalue weighted by atomic mass is 79.9. The molecule has 188 valence electrons. The minimum atomic E-state index is 0.651. The molecule has 0 N–H and O–H groups in total. The molecule has 0 radical (unpaired) electrons. The first-order chi connectivity index (χ1) is 19.2. The average molecular weight is 569 g/mol. The van der Waals surface area contributed by atoms with Gasteiger partial charge in [0.1, 0.15) is 0 Å². The summed E-state index contributed by atoms with van der Waals surface area (Å²) in [6.45, 7) is 6.00. The van der Waals surface area contributed by atoms with E-state index < -0.39 is 0 Å². The SMILES string of the molecule is Brc1cccc(-c2cccc(-c3cccc(-c4nc(-c5ccccc5)nc(-c5ccccc5)n4)c3)c2)c1.C=C. The number of rotatable bonds is 5. The van der Waals surface area contributed by atoms with Gasteiger partial charge in [-0.3, -0.25) is 0 Å². The van der Waals surface area contributed by atoms with Crippen LogP contribution in [0.25, 0.3) is 56.4 Å². The maximum absolute atomic E-state index is 4.88. The van der Waals surface area contributed by atoms with E-state index in [1.165, 1.54) is 11.1 Å². The lowest BCUT2D eigenvalue weighted by atomic mass is 9.98. The molecule has 6 rings (SSSR count). The molecular weight excluding hydrogens is 542 g/mol. The molecule has 1 aromatic heterocycles. The van der Waals surface area contributed by atoms with Crippen LogP contribution in [0.5, 0.6) is 0 Å². The largest absolute Gasteiger partial charge is 0.208 e. The quantitative estimate of drug-likeness (QED) is 0.194. The topological polar surface area (TPSA) is 38.7 Å². The Balaban J connectivity index is 0.00000151. The van der Waals surface area contributed by atoms with Gasteiger partial charge in [-0.1, -0.05) is 125 Å². The summed E-state index contributed by atoms with van der Waals surface area (Å²) < 4.78 is 1.07. The van der Waals surface area contributed by atoms with Crippen molar-refractivity contribution in [2.75, 3.05) is 0 Å². The maximum Gasteiger partial charge on any atom is 0.164 e. The molecule has 0 atom stereocenters. The third-order valence-corrected chi connectivity index (χ3v) is 6.67. The molecule has 0 saturated carbocycles. The number of nitrogens with zero attached hydrogens (tertiary/aromatic N) is 3. The van der Waals surface area contributed by atoms with Crippen LogP contribution in [-0.4, -0.2) is 15.0 Å². The zero-order chi connectivity index (χ0) is 27.0. The highest BCUT2D eigenvalue weighted by Gasteiger charge is 2.13. The normalized spacial score (nSPS) is 10.4. The lowest BCUT2D eigenvalue weighted by molar-refractivity contribution is 1.07. The van der Waals surface area contributed by atoms with Gasteiger partial charge in [0.2, 0.25) is 0 Å². The molecule has 0 unspecified atom stereocenters. The highest BCUT2D eigenvalue weighted by molar-refractivity contribution is 9.10. The summed E-state index contributed by atoms with van der Waals surface area (Å²) in [5, 5.41) is 0. The summed E-state index contributed by atoms with van der Waals surface area (Å²) in [5.74, 6) is 1.97. The van der Waals surface area contributed by atoms with Crippen molar-refractivity contribution >= 4 is 15.9 Å². The molecule has 39 heavy (non-hydrogen) atoms. The van der Waals surface area contributed by atoms with Gasteiger partial charge >= 0.3 is 0 Å². The standard InChI is InChI=1S/C33H22BrN3.C2H4/c34-30-19-9-17-28(22-30)26-15-7-14-25(20-26)27-16-8-18-29(21-27)33-36-31(23-10-3-1-4-11-23)35-32(37-33)24-12-5-2-6-13-24;1-2/h1-22H;1-2H2. The van der Waals surface area contributed by atoms with Gasteiger partial charge in [0.15, 0.2) is 17.5 Å². The number of benzene rings is 5. The first-order valence-electron chi connectivity index (χ1n) is 12.6. The van der Waals surface area contributed by atoms with Crippen LogP contribution in [0.4, 0.5) is 0 Å². The summed E-state index contributed by atoms with van der Waals surface area (Å²) in [6, 6.07) is 45.4. The summed E-state index contributed by atoms with van der Waals surface area (Å²) in [6.07, 6.45) is 0. The molecule has 0 fully saturated rings. The van der Waals surface area contributed by atoms with Gasteiger partial charge < -0.3 is 0 Å². The van der Waals surface area contributed by atoms with Crippen LogP contribution in [0.15, 0.2) is 151 Å². The zero-order valence-corrected chi connectivity index (χ0v) is 22.9. The van der Waals surface area contributed by atoms with E-state index in [2.05, 4.69) is 95.8 Å². The van der Waals surface area contributed by atoms with Crippen LogP contribution in [0.2, 0.25) is 0 Å². The van der Waals surface area contributed by atoms with Gasteiger partial charge in [0.05, 0.1) is 0 Å². The van der Waals surface area contributed by atoms with Gasteiger partial charge in [-0.05, 0) is 46.5 Å². The molecule has 1 heterocycles. The Morgan fingerprint density at radius 1 is 0.359 bits per heavy atom. The van der Waals surface area contributed by atoms with Crippen molar-refractivity contribution in [3.05, 3.63) is 151 Å². The highest BCUT2D eigenvalue weighted by Crippen LogP contribution is 2.31. The second-order valence-corrected chi connectivity index (χ2v) is 9.63. The van der Waals surface area contributed by atoms with Crippen LogP contribution in [0, 0.1) is 0 Å². The van der Waals surface area contributed by atoms with Crippen molar-refractivity contribution in [3.8, 4) is 56.4 Å². The minimum Gasteiger partial charge on any atom is -0.208 e. The average Bonchev–Trinajstić information content (AvgIpc) is 3.03. The van der Waals surface area contributed by atoms with E-state index in [4.69, 9.17) is 15.0 Å². The smallest absolute Gasteiger partial charge is 0.164 e. The van der Waals surface area contributed by atoms with Gasteiger partial charge in [0, 0.05) is 21.2 Å². The van der Waals surface area contributed by atoms with E-state index in [9.17, 15) is 0 Å². The van der Waals surface area contributed by atoms with Crippen LogP contribution >= 0.6 is 15.9 Å². The number of halogens is 1. The van der Waals surface area contributed by atoms with Crippen molar-refractivity contribution in [2.24, 2.45) is 0 Å². The molecule has 5 aromatic carbocycles. The van der Waals surface area contributed by atoms with E-state index in [0.717, 1.165) is 32.3 Å². The molecule has 0 aliphatic heterocycles. The fraction of sp³-hybridized carbons (Fsp3) is 0. The van der Waals surface area contributed by atoms with Crippen LogP contribution < -0.4 is 0 Å². The Kier molecular flexibility index (Phi) is 8.15. The van der Waals surface area contributed by atoms with Crippen LogP contribution in [0.1, 0.15) is 0 Å². The van der Waals surface area contributed by atoms with Gasteiger partial charge in [0.25, 0.3) is 0 Å². The van der Waals surface area contributed by atoms with Gasteiger partial charge in [-0.2, -0.15) is 0 Å². The van der Waals surface area contributed by atoms with E-state index >= 15 is 0 Å². The molecule has 6 aromatic rings. The Hall–Kier alpha value is -4.67. The van der Waals surface area contributed by atoms with E-state index in [1.807, 2.05) is 66.7 Å². The molecule has 0 amide bonds. The van der Waals surface area contributed by atoms with Crippen molar-refractivity contribution in [1.82, 2.24) is 15.0 Å². The van der Waals surface area contributed by atoms with Crippen LogP contribution in [0.3, 0.4) is 0 Å². The molecule has 0 aliphatic rings. The Morgan fingerprint density at radius 2 is 0.692 bits per heavy atom. The number of hydrogen-bond acceptors (Lipinski definition) is 3. The van der Waals surface area contributed by atoms with Crippen molar-refractivity contribution in [2.45, 2.75) is 0 Å². The second-order valence-electron chi connectivity index (χ2n) is 8.71. The van der Waals surface area contributed by atoms with Crippen LogP contribution in [-0.2, 0) is 0 Å². The van der Waals surface area contributed by atoms with Gasteiger partial charge in [-0.25, -0.2) is 15.0 Å². The summed E-state index contributed by atoms with van der Waals surface area (Å²) in [5.41, 5.74) is 7.45. The van der Waals surface area contributed by atoms with Crippen molar-refractivity contribution in [1.29, 1.82) is 0 Å². The van der Waals surface area contributed by atoms with Crippen molar-refractivity contribution < 1.29 is 0 Å². The predicted molar refractivity (Wildman–Crippen MR) is 166 cm³/mol. The molecule has 0 aliphatic carbocycles. The lowest BCUT2D eigenvalue weighted by Gasteiger charge is -2.10. The monoisotopic (exact) mass is 567 g/mol. The predicted octanol–water partition coefficient (Wildman–Crippen LogP) is 9.77. The summed E-state index contributed by atoms with van der Waals surface area (Å²) >= 11 is 3.58. The molecule has 0 saturated heterocycles. The number of aromatic nitrogens is 3. The second kappa shape index (κ2) is 12.2. The zero-order valence-electron chi connectivity index (χ0n) is 21.3. The van der Waals surface area contributed by atoms with Crippen molar-refractivity contribution in [3.63, 3.8) is 0 Å². The molecular formula is C35H26BrN3. The minimum absolute atomic E-state index is 0.651. The summed E-state index contributed by atoms with van der Waals surface area (Å²) in [7, 11) is 0. The Labute approximate surface area is 237 Å². The Morgan fingerprint density at radius 3 is 1.15 bits per heavy atom. The summed E-state index contributed by atoms with van der Waals surface area (Å²) in [4.78, 5) is 14.6. The molecule has 0 spiro atoms.